The molecule has 0 spiro atoms. The summed E-state index contributed by atoms with van der Waals surface area (Å²) in [5.74, 6) is 8.38. The van der Waals surface area contributed by atoms with Gasteiger partial charge in [0.1, 0.15) is 0 Å². The van der Waals surface area contributed by atoms with Gasteiger partial charge >= 0.3 is 0 Å². The van der Waals surface area contributed by atoms with Crippen molar-refractivity contribution in [3.8, 4) is 0 Å². The van der Waals surface area contributed by atoms with Crippen LogP contribution in [0.15, 0.2) is 0 Å². The fourth-order valence-corrected chi connectivity index (χ4v) is 9.03. The summed E-state index contributed by atoms with van der Waals surface area (Å²) in [5.41, 5.74) is 0.647. The van der Waals surface area contributed by atoms with E-state index in [1.54, 1.807) is 0 Å². The van der Waals surface area contributed by atoms with Crippen molar-refractivity contribution in [2.45, 2.75) is 260 Å². The predicted molar refractivity (Wildman–Crippen MR) is 252 cm³/mol. The minimum absolute atomic E-state index is 0.256. The van der Waals surface area contributed by atoms with Crippen molar-refractivity contribution in [3.63, 3.8) is 0 Å². The fourth-order valence-electron chi connectivity index (χ4n) is 9.03. The van der Waals surface area contributed by atoms with Gasteiger partial charge in [0.05, 0.1) is 16.8 Å². The highest BCUT2D eigenvalue weighted by Crippen LogP contribution is 2.54. The maximum atomic E-state index is 9.85. The van der Waals surface area contributed by atoms with Gasteiger partial charge in [0.25, 0.3) is 0 Å². The summed E-state index contributed by atoms with van der Waals surface area (Å²) >= 11 is 0. The van der Waals surface area contributed by atoms with Gasteiger partial charge in [-0.05, 0) is 165 Å². The molecule has 56 heavy (non-hydrogen) atoms. The first-order chi connectivity index (χ1) is 24.9. The third-order valence-electron chi connectivity index (χ3n) is 13.6. The first-order valence-corrected chi connectivity index (χ1v) is 24.1. The molecule has 4 fully saturated rings. The lowest BCUT2D eigenvalue weighted by Crippen LogP contribution is -2.45. The van der Waals surface area contributed by atoms with Gasteiger partial charge in [-0.25, -0.2) is 0 Å². The highest BCUT2D eigenvalue weighted by Gasteiger charge is 2.46. The van der Waals surface area contributed by atoms with E-state index >= 15 is 0 Å². The van der Waals surface area contributed by atoms with Gasteiger partial charge in [-0.15, -0.1) is 0 Å². The molecular weight excluding hydrogens is 685 g/mol. The molecule has 0 heterocycles. The van der Waals surface area contributed by atoms with E-state index in [0.29, 0.717) is 45.8 Å². The lowest BCUT2D eigenvalue weighted by molar-refractivity contribution is -0.0913. The molecule has 0 aromatic rings. The molecule has 3 N–H and O–H groups in total. The summed E-state index contributed by atoms with van der Waals surface area (Å²) in [7, 11) is 0. The molecule has 0 aromatic carbocycles. The zero-order chi connectivity index (χ0) is 44.8. The van der Waals surface area contributed by atoms with Crippen molar-refractivity contribution in [2.24, 2.45) is 81.3 Å². The molecule has 0 amide bonds. The van der Waals surface area contributed by atoms with Gasteiger partial charge in [-0.2, -0.15) is 0 Å². The summed E-state index contributed by atoms with van der Waals surface area (Å²) in [6.45, 7) is 54.1. The summed E-state index contributed by atoms with van der Waals surface area (Å²) in [5, 5.41) is 29.3. The molecule has 4 rings (SSSR count). The molecule has 3 heteroatoms. The third kappa shape index (κ3) is 26.2. The first kappa shape index (κ1) is 58.0. The van der Waals surface area contributed by atoms with Crippen LogP contribution in [0.3, 0.4) is 0 Å². The number of hydrogen-bond acceptors (Lipinski definition) is 3. The molecule has 340 valence electrons. The van der Waals surface area contributed by atoms with Crippen LogP contribution >= 0.6 is 0 Å². The van der Waals surface area contributed by atoms with E-state index in [2.05, 4.69) is 159 Å². The lowest BCUT2D eigenvalue weighted by Gasteiger charge is -2.43. The van der Waals surface area contributed by atoms with E-state index in [4.69, 9.17) is 0 Å². The Morgan fingerprint density at radius 2 is 1.00 bits per heavy atom. The molecule has 0 aliphatic heterocycles. The Labute approximate surface area is 355 Å². The molecule has 0 aromatic heterocycles. The fraction of sp³-hybridized carbons (Fsp3) is 1.00. The smallest absolute Gasteiger partial charge is 0.0675 e. The van der Waals surface area contributed by atoms with Gasteiger partial charge in [0.2, 0.25) is 0 Å². The SMILES string of the molecule is CC(C)C(C)C(C)(C)C.CC(C)C(C)C1(O)CCC1.CC(C)C1CC1C(C)(C)C.CC(C)CC(C)(C)C.CC(C)CC(C)(O)C1CC1.CC(C)CC1(O)CCC1. The second-order valence-electron chi connectivity index (χ2n) is 25.6. The van der Waals surface area contributed by atoms with E-state index in [-0.39, 0.29) is 16.8 Å². The Bertz CT molecular complexity index is 983. The standard InChI is InChI=1S/C10H20.2C9H18O.C9H20.C8H16O.C8H18/c1-7(2)8-6-9(8)10(3,4)5;1-7(2)6-9(3,10)8-4-5-8;1-7(2)8(3)9(10)5-4-6-9;1-7(2)8(3)9(4,5)6;1-7(2)6-8(9)4-3-5-8;1-7(2)6-8(3,4)5/h7-9H,6H2,1-5H3;2*7-8,10H,4-6H2,1-3H3;7-8H,1-6H3;7,9H,3-6H2,1-2H3;7H,6H2,1-5H3. The molecule has 5 unspecified atom stereocenters. The number of hydrogen-bond donors (Lipinski definition) is 3. The minimum atomic E-state index is -0.367. The number of aliphatic hydroxyl groups is 3. The van der Waals surface area contributed by atoms with Gasteiger partial charge < -0.3 is 15.3 Å². The average molecular weight is 795 g/mol. The summed E-state index contributed by atoms with van der Waals surface area (Å²) < 4.78 is 0. The lowest BCUT2D eigenvalue weighted by atomic mass is 9.68. The molecule has 0 bridgehead atoms. The first-order valence-electron chi connectivity index (χ1n) is 24.1. The molecule has 5 atom stereocenters. The van der Waals surface area contributed by atoms with E-state index in [1.807, 2.05) is 6.92 Å². The van der Waals surface area contributed by atoms with Crippen molar-refractivity contribution in [1.29, 1.82) is 0 Å². The van der Waals surface area contributed by atoms with E-state index in [1.165, 1.54) is 38.5 Å². The monoisotopic (exact) mass is 795 g/mol. The normalized spacial score (nSPS) is 23.3. The van der Waals surface area contributed by atoms with Crippen molar-refractivity contribution in [2.75, 3.05) is 0 Å². The van der Waals surface area contributed by atoms with Crippen LogP contribution in [-0.2, 0) is 0 Å². The van der Waals surface area contributed by atoms with Gasteiger partial charge in [0, 0.05) is 0 Å². The Balaban J connectivity index is 0. The maximum Gasteiger partial charge on any atom is 0.0675 e. The molecule has 0 saturated heterocycles. The second kappa shape index (κ2) is 24.4. The topological polar surface area (TPSA) is 60.7 Å². The quantitative estimate of drug-likeness (QED) is 0.206. The Morgan fingerprint density at radius 3 is 1.11 bits per heavy atom. The van der Waals surface area contributed by atoms with Crippen LogP contribution in [0.4, 0.5) is 0 Å². The average Bonchev–Trinajstić information content (AvgIpc) is 3.85. The van der Waals surface area contributed by atoms with Crippen LogP contribution in [0, 0.1) is 81.3 Å². The van der Waals surface area contributed by atoms with Gasteiger partial charge in [-0.3, -0.25) is 0 Å². The predicted octanol–water partition coefficient (Wildman–Crippen LogP) is 16.1. The number of rotatable bonds is 10. The van der Waals surface area contributed by atoms with Crippen LogP contribution in [0.25, 0.3) is 0 Å². The second-order valence-corrected chi connectivity index (χ2v) is 25.6. The van der Waals surface area contributed by atoms with Crippen LogP contribution in [-0.4, -0.2) is 32.1 Å². The van der Waals surface area contributed by atoms with Crippen molar-refractivity contribution < 1.29 is 15.3 Å². The van der Waals surface area contributed by atoms with Crippen molar-refractivity contribution in [3.05, 3.63) is 0 Å². The van der Waals surface area contributed by atoms with Crippen molar-refractivity contribution in [1.82, 2.24) is 0 Å². The van der Waals surface area contributed by atoms with E-state index < -0.39 is 0 Å². The maximum absolute atomic E-state index is 9.85. The molecule has 4 aliphatic carbocycles. The molecule has 3 nitrogen and oxygen atoms in total. The van der Waals surface area contributed by atoms with Crippen LogP contribution < -0.4 is 0 Å². The van der Waals surface area contributed by atoms with E-state index in [9.17, 15) is 15.3 Å². The third-order valence-corrected chi connectivity index (χ3v) is 13.6. The zero-order valence-electron chi connectivity index (χ0n) is 43.2. The van der Waals surface area contributed by atoms with Gasteiger partial charge in [0.15, 0.2) is 0 Å². The summed E-state index contributed by atoms with van der Waals surface area (Å²) in [6.07, 6.45) is 13.8. The molecular formula is C53H110O3. The highest BCUT2D eigenvalue weighted by atomic mass is 16.3. The largest absolute Gasteiger partial charge is 0.390 e. The van der Waals surface area contributed by atoms with Crippen LogP contribution in [0.1, 0.15) is 243 Å². The molecule has 4 aliphatic rings. The molecule has 4 saturated carbocycles. The van der Waals surface area contributed by atoms with Crippen LogP contribution in [0.2, 0.25) is 0 Å². The van der Waals surface area contributed by atoms with Gasteiger partial charge in [-0.1, -0.05) is 159 Å². The highest BCUT2D eigenvalue weighted by molar-refractivity contribution is 4.95. The Morgan fingerprint density at radius 1 is 0.571 bits per heavy atom. The minimum Gasteiger partial charge on any atom is -0.390 e. The molecule has 0 radical (unpaired) electrons. The Kier molecular flexibility index (Phi) is 25.2. The summed E-state index contributed by atoms with van der Waals surface area (Å²) in [6, 6.07) is 0. The zero-order valence-corrected chi connectivity index (χ0v) is 43.2. The van der Waals surface area contributed by atoms with E-state index in [0.717, 1.165) is 74.0 Å². The van der Waals surface area contributed by atoms with Crippen LogP contribution in [0.5, 0.6) is 0 Å². The van der Waals surface area contributed by atoms with Crippen molar-refractivity contribution >= 4 is 0 Å². The Hall–Kier alpha value is -0.120. The summed E-state index contributed by atoms with van der Waals surface area (Å²) in [4.78, 5) is 0.